The third kappa shape index (κ3) is 1.27. The zero-order valence-corrected chi connectivity index (χ0v) is 6.17. The molecule has 5 nitrogen and oxygen atoms in total. The number of rotatable bonds is 1. The van der Waals surface area contributed by atoms with Gasteiger partial charge in [-0.1, -0.05) is 0 Å². The van der Waals surface area contributed by atoms with Gasteiger partial charge in [0.25, 0.3) is 0 Å². The van der Waals surface area contributed by atoms with E-state index in [0.717, 1.165) is 16.6 Å². The van der Waals surface area contributed by atoms with Gasteiger partial charge in [-0.05, 0) is 0 Å². The largest absolute Gasteiger partial charge is 0.382 e. The van der Waals surface area contributed by atoms with Crippen molar-refractivity contribution in [1.82, 2.24) is 8.96 Å². The quantitative estimate of drug-likeness (QED) is 0.589. The molecule has 0 atom stereocenters. The van der Waals surface area contributed by atoms with E-state index in [1.165, 1.54) is 6.20 Å². The lowest BCUT2D eigenvalue weighted by atomic mass is 10.8. The maximum absolute atomic E-state index is 10.7. The average molecular weight is 161 g/mol. The fraction of sp³-hybridized carbons (Fsp3) is 0.250. The molecule has 0 spiro atoms. The van der Waals surface area contributed by atoms with Crippen molar-refractivity contribution in [2.45, 2.75) is 0 Å². The van der Waals surface area contributed by atoms with Crippen LogP contribution in [0.15, 0.2) is 12.5 Å². The van der Waals surface area contributed by atoms with E-state index in [2.05, 4.69) is 4.98 Å². The molecule has 1 aromatic rings. The average Bonchev–Trinajstić information content (AvgIpc) is 2.11. The summed E-state index contributed by atoms with van der Waals surface area (Å²) in [4.78, 5) is 3.54. The van der Waals surface area contributed by atoms with Crippen molar-refractivity contribution in [1.29, 1.82) is 0 Å². The van der Waals surface area contributed by atoms with Crippen molar-refractivity contribution in [3.05, 3.63) is 12.5 Å². The Hall–Kier alpha value is -1.04. The van der Waals surface area contributed by atoms with E-state index in [-0.39, 0.29) is 5.82 Å². The van der Waals surface area contributed by atoms with E-state index in [0.29, 0.717) is 0 Å². The molecule has 0 bridgehead atoms. The highest BCUT2D eigenvalue weighted by Gasteiger charge is 2.03. The van der Waals surface area contributed by atoms with Crippen LogP contribution in [0.4, 0.5) is 5.82 Å². The number of anilines is 1. The van der Waals surface area contributed by atoms with Gasteiger partial charge in [-0.15, -0.1) is 0 Å². The number of nitrogens with zero attached hydrogens (tertiary/aromatic N) is 2. The van der Waals surface area contributed by atoms with E-state index < -0.39 is 10.0 Å². The molecule has 0 aromatic carbocycles. The second-order valence-electron chi connectivity index (χ2n) is 1.89. The molecule has 0 saturated carbocycles. The molecule has 0 unspecified atom stereocenters. The van der Waals surface area contributed by atoms with Crippen LogP contribution in [0.25, 0.3) is 0 Å². The maximum Gasteiger partial charge on any atom is 0.236 e. The number of imidazole rings is 1. The molecule has 2 N–H and O–H groups in total. The lowest BCUT2D eigenvalue weighted by Crippen LogP contribution is -2.06. The normalized spacial score (nSPS) is 11.7. The molecule has 0 aliphatic carbocycles. The first-order valence-electron chi connectivity index (χ1n) is 2.50. The highest BCUT2D eigenvalue weighted by molar-refractivity contribution is 7.89. The summed E-state index contributed by atoms with van der Waals surface area (Å²) in [5.74, 6) is 0.199. The lowest BCUT2D eigenvalue weighted by molar-refractivity contribution is 0.593. The third-order valence-corrected chi connectivity index (χ3v) is 1.93. The van der Waals surface area contributed by atoms with Gasteiger partial charge in [-0.25, -0.2) is 17.4 Å². The van der Waals surface area contributed by atoms with Crippen LogP contribution in [-0.2, 0) is 10.0 Å². The van der Waals surface area contributed by atoms with Gasteiger partial charge in [-0.3, -0.25) is 0 Å². The Balaban J connectivity index is 3.21. The Morgan fingerprint density at radius 2 is 2.30 bits per heavy atom. The second kappa shape index (κ2) is 1.98. The summed E-state index contributed by atoms with van der Waals surface area (Å²) in [6, 6.07) is 0. The van der Waals surface area contributed by atoms with Gasteiger partial charge in [0.1, 0.15) is 12.1 Å². The van der Waals surface area contributed by atoms with Gasteiger partial charge < -0.3 is 5.73 Å². The summed E-state index contributed by atoms with van der Waals surface area (Å²) in [5.41, 5.74) is 5.18. The molecular formula is C4H7N3O2S. The molecule has 6 heteroatoms. The van der Waals surface area contributed by atoms with Crippen molar-refractivity contribution in [3.8, 4) is 0 Å². The Kier molecular flexibility index (Phi) is 1.40. The zero-order chi connectivity index (χ0) is 7.78. The smallest absolute Gasteiger partial charge is 0.236 e. The number of nitrogen functional groups attached to an aromatic ring is 1. The highest BCUT2D eigenvalue weighted by Crippen LogP contribution is 1.98. The molecule has 0 aliphatic heterocycles. The number of hydrogen-bond donors (Lipinski definition) is 1. The van der Waals surface area contributed by atoms with E-state index in [1.54, 1.807) is 0 Å². The van der Waals surface area contributed by atoms with Gasteiger partial charge in [0.2, 0.25) is 10.0 Å². The fourth-order valence-electron chi connectivity index (χ4n) is 0.502. The molecule has 10 heavy (non-hydrogen) atoms. The fourth-order valence-corrected chi connectivity index (χ4v) is 1.02. The molecule has 56 valence electrons. The molecule has 0 radical (unpaired) electrons. The van der Waals surface area contributed by atoms with Crippen molar-refractivity contribution in [3.63, 3.8) is 0 Å². The number of hydrogen-bond acceptors (Lipinski definition) is 4. The van der Waals surface area contributed by atoms with Crippen LogP contribution in [0, 0.1) is 0 Å². The van der Waals surface area contributed by atoms with Crippen LogP contribution in [0.2, 0.25) is 0 Å². The molecule has 1 heterocycles. The first-order valence-corrected chi connectivity index (χ1v) is 4.35. The van der Waals surface area contributed by atoms with Gasteiger partial charge in [-0.2, -0.15) is 0 Å². The van der Waals surface area contributed by atoms with Crippen molar-refractivity contribution >= 4 is 15.8 Å². The highest BCUT2D eigenvalue weighted by atomic mass is 32.2. The third-order valence-electron chi connectivity index (χ3n) is 0.963. The van der Waals surface area contributed by atoms with E-state index in [1.807, 2.05) is 0 Å². The minimum Gasteiger partial charge on any atom is -0.382 e. The topological polar surface area (TPSA) is 78.0 Å². The first-order chi connectivity index (χ1) is 4.50. The predicted molar refractivity (Wildman–Crippen MR) is 36.9 cm³/mol. The first kappa shape index (κ1) is 7.07. The Morgan fingerprint density at radius 1 is 1.70 bits per heavy atom. The van der Waals surface area contributed by atoms with E-state index in [4.69, 9.17) is 5.73 Å². The Labute approximate surface area is 58.5 Å². The van der Waals surface area contributed by atoms with Gasteiger partial charge in [0.15, 0.2) is 0 Å². The van der Waals surface area contributed by atoms with E-state index >= 15 is 0 Å². The van der Waals surface area contributed by atoms with Crippen LogP contribution in [-0.4, -0.2) is 23.6 Å². The Bertz CT molecular complexity index is 326. The molecule has 0 fully saturated rings. The minimum absolute atomic E-state index is 0.199. The minimum atomic E-state index is -3.21. The molecule has 1 rings (SSSR count). The summed E-state index contributed by atoms with van der Waals surface area (Å²) < 4.78 is 22.4. The standard InChI is InChI=1S/C4H7N3O2S/c1-10(8,9)7-2-4(5)6-3-7/h2-3H,5H2,1H3. The van der Waals surface area contributed by atoms with Crippen molar-refractivity contribution in [2.24, 2.45) is 0 Å². The molecule has 1 aromatic heterocycles. The Morgan fingerprint density at radius 3 is 2.50 bits per heavy atom. The van der Waals surface area contributed by atoms with Crippen LogP contribution in [0.3, 0.4) is 0 Å². The summed E-state index contributed by atoms with van der Waals surface area (Å²) >= 11 is 0. The van der Waals surface area contributed by atoms with Crippen LogP contribution in [0.5, 0.6) is 0 Å². The number of nitrogens with two attached hydrogens (primary N) is 1. The van der Waals surface area contributed by atoms with E-state index in [9.17, 15) is 8.42 Å². The summed E-state index contributed by atoms with van der Waals surface area (Å²) in [6.45, 7) is 0. The zero-order valence-electron chi connectivity index (χ0n) is 5.35. The number of aromatic nitrogens is 2. The van der Waals surface area contributed by atoms with Crippen LogP contribution >= 0.6 is 0 Å². The SMILES string of the molecule is CS(=O)(=O)n1cnc(N)c1. The molecule has 0 amide bonds. The van der Waals surface area contributed by atoms with Crippen molar-refractivity contribution in [2.75, 3.05) is 12.0 Å². The van der Waals surface area contributed by atoms with Gasteiger partial charge in [0.05, 0.1) is 12.5 Å². The summed E-state index contributed by atoms with van der Waals surface area (Å²) in [7, 11) is -3.21. The summed E-state index contributed by atoms with van der Waals surface area (Å²) in [5, 5.41) is 0. The molecule has 0 saturated heterocycles. The van der Waals surface area contributed by atoms with Gasteiger partial charge in [0, 0.05) is 0 Å². The maximum atomic E-state index is 10.7. The lowest BCUT2D eigenvalue weighted by Gasteiger charge is -1.93. The van der Waals surface area contributed by atoms with Crippen molar-refractivity contribution < 1.29 is 8.42 Å². The summed E-state index contributed by atoms with van der Waals surface area (Å²) in [6.07, 6.45) is 3.48. The van der Waals surface area contributed by atoms with Crippen LogP contribution in [0.1, 0.15) is 0 Å². The monoisotopic (exact) mass is 161 g/mol. The van der Waals surface area contributed by atoms with Crippen LogP contribution < -0.4 is 5.73 Å². The predicted octanol–water partition coefficient (Wildman–Crippen LogP) is -0.727. The molecule has 0 aliphatic rings. The van der Waals surface area contributed by atoms with Gasteiger partial charge >= 0.3 is 0 Å². The second-order valence-corrected chi connectivity index (χ2v) is 3.78. The molecular weight excluding hydrogens is 154 g/mol.